The van der Waals surface area contributed by atoms with Crippen LogP contribution in [0.15, 0.2) is 41.1 Å². The minimum atomic E-state index is 0.247. The predicted molar refractivity (Wildman–Crippen MR) is 65.2 cm³/mol. The highest BCUT2D eigenvalue weighted by molar-refractivity contribution is 9.10. The van der Waals surface area contributed by atoms with Crippen molar-refractivity contribution in [2.45, 2.75) is 6.61 Å². The van der Waals surface area contributed by atoms with Crippen molar-refractivity contribution >= 4 is 15.9 Å². The summed E-state index contributed by atoms with van der Waals surface area (Å²) in [6.45, 7) is 0.247. The summed E-state index contributed by atoms with van der Waals surface area (Å²) in [5.41, 5.74) is 0.482. The number of hydrogen-bond donors (Lipinski definition) is 0. The number of halogens is 1. The third-order valence-corrected chi connectivity index (χ3v) is 2.53. The fourth-order valence-corrected chi connectivity index (χ4v) is 1.62. The van der Waals surface area contributed by atoms with Crippen LogP contribution in [0.1, 0.15) is 11.4 Å². The van der Waals surface area contributed by atoms with E-state index >= 15 is 0 Å². The number of benzene rings is 1. The van der Waals surface area contributed by atoms with Gasteiger partial charge in [-0.15, -0.1) is 0 Å². The lowest BCUT2D eigenvalue weighted by Gasteiger charge is -2.06. The van der Waals surface area contributed by atoms with Crippen LogP contribution in [-0.4, -0.2) is 9.97 Å². The molecule has 1 aromatic heterocycles. The van der Waals surface area contributed by atoms with E-state index in [4.69, 9.17) is 10.00 Å². The molecule has 0 aliphatic heterocycles. The highest BCUT2D eigenvalue weighted by atomic mass is 79.9. The molecule has 1 aromatic carbocycles. The quantitative estimate of drug-likeness (QED) is 0.872. The van der Waals surface area contributed by atoms with Crippen LogP contribution in [-0.2, 0) is 6.61 Å². The maximum absolute atomic E-state index is 8.96. The van der Waals surface area contributed by atoms with Gasteiger partial charge in [0, 0.05) is 16.9 Å². The molecule has 0 aliphatic carbocycles. The number of nitriles is 1. The number of hydrogen-bond acceptors (Lipinski definition) is 4. The summed E-state index contributed by atoms with van der Waals surface area (Å²) in [6, 6.07) is 9.09. The van der Waals surface area contributed by atoms with Crippen LogP contribution in [0.5, 0.6) is 5.75 Å². The number of rotatable bonds is 3. The van der Waals surface area contributed by atoms with Crippen molar-refractivity contribution in [3.63, 3.8) is 0 Å². The number of nitrogens with zero attached hydrogens (tertiary/aromatic N) is 3. The molecular weight excluding hydrogens is 282 g/mol. The largest absolute Gasteiger partial charge is 0.484 e. The highest BCUT2D eigenvalue weighted by Crippen LogP contribution is 2.22. The van der Waals surface area contributed by atoms with Crippen molar-refractivity contribution in [1.82, 2.24) is 9.97 Å². The topological polar surface area (TPSA) is 58.8 Å². The Labute approximate surface area is 107 Å². The summed E-state index contributed by atoms with van der Waals surface area (Å²) in [7, 11) is 0. The average molecular weight is 290 g/mol. The van der Waals surface area contributed by atoms with Gasteiger partial charge in [0.2, 0.25) is 0 Å². The molecule has 1 heterocycles. The van der Waals surface area contributed by atoms with Crippen LogP contribution >= 0.6 is 15.9 Å². The molecular formula is C12H8BrN3O. The molecule has 0 spiro atoms. The van der Waals surface area contributed by atoms with E-state index in [1.807, 2.05) is 6.07 Å². The van der Waals surface area contributed by atoms with E-state index in [1.54, 1.807) is 30.6 Å². The van der Waals surface area contributed by atoms with Crippen molar-refractivity contribution in [3.8, 4) is 11.8 Å². The summed E-state index contributed by atoms with van der Waals surface area (Å²) in [4.78, 5) is 8.08. The van der Waals surface area contributed by atoms with Crippen molar-refractivity contribution < 1.29 is 4.74 Å². The van der Waals surface area contributed by atoms with Gasteiger partial charge in [0.05, 0.1) is 5.56 Å². The molecule has 0 bridgehead atoms. The number of ether oxygens (including phenoxy) is 1. The first-order chi connectivity index (χ1) is 8.29. The average Bonchev–Trinajstić information content (AvgIpc) is 2.38. The number of aromatic nitrogens is 2. The smallest absolute Gasteiger partial charge is 0.166 e. The molecule has 4 nitrogen and oxygen atoms in total. The zero-order chi connectivity index (χ0) is 12.1. The Bertz CT molecular complexity index is 551. The van der Waals surface area contributed by atoms with Gasteiger partial charge in [-0.3, -0.25) is 0 Å². The molecule has 17 heavy (non-hydrogen) atoms. The van der Waals surface area contributed by atoms with E-state index in [9.17, 15) is 0 Å². The standard InChI is InChI=1S/C12H8BrN3O/c13-10-2-3-11(9(6-10)7-14)17-8-12-15-4-1-5-16-12/h1-6H,8H2. The maximum Gasteiger partial charge on any atom is 0.166 e. The Morgan fingerprint density at radius 2 is 2.06 bits per heavy atom. The minimum Gasteiger partial charge on any atom is -0.484 e. The van der Waals surface area contributed by atoms with Crippen molar-refractivity contribution in [2.75, 3.05) is 0 Å². The van der Waals surface area contributed by atoms with Gasteiger partial charge in [-0.05, 0) is 24.3 Å². The van der Waals surface area contributed by atoms with Gasteiger partial charge in [0.15, 0.2) is 5.82 Å². The van der Waals surface area contributed by atoms with Crippen LogP contribution in [0.2, 0.25) is 0 Å². The van der Waals surface area contributed by atoms with Crippen LogP contribution < -0.4 is 4.74 Å². The normalized spacial score (nSPS) is 9.65. The van der Waals surface area contributed by atoms with Crippen molar-refractivity contribution in [1.29, 1.82) is 5.26 Å². The highest BCUT2D eigenvalue weighted by Gasteiger charge is 2.04. The second kappa shape index (κ2) is 5.41. The van der Waals surface area contributed by atoms with E-state index in [1.165, 1.54) is 0 Å². The van der Waals surface area contributed by atoms with Gasteiger partial charge >= 0.3 is 0 Å². The summed E-state index contributed by atoms with van der Waals surface area (Å²) in [5.74, 6) is 1.11. The molecule has 0 amide bonds. The molecule has 84 valence electrons. The predicted octanol–water partition coefficient (Wildman–Crippen LogP) is 2.69. The molecule has 0 radical (unpaired) electrons. The Balaban J connectivity index is 2.12. The molecule has 0 atom stereocenters. The van der Waals surface area contributed by atoms with E-state index in [0.717, 1.165) is 4.47 Å². The maximum atomic E-state index is 8.96. The van der Waals surface area contributed by atoms with Crippen LogP contribution in [0.3, 0.4) is 0 Å². The third kappa shape index (κ3) is 3.02. The third-order valence-electron chi connectivity index (χ3n) is 2.04. The molecule has 0 N–H and O–H groups in total. The Kier molecular flexibility index (Phi) is 3.68. The first-order valence-electron chi connectivity index (χ1n) is 4.88. The molecule has 2 aromatic rings. The summed E-state index contributed by atoms with van der Waals surface area (Å²) in [6.07, 6.45) is 3.30. The zero-order valence-corrected chi connectivity index (χ0v) is 10.4. The summed E-state index contributed by atoms with van der Waals surface area (Å²) >= 11 is 3.30. The first kappa shape index (κ1) is 11.6. The molecule has 2 rings (SSSR count). The van der Waals surface area contributed by atoms with Crippen LogP contribution in [0, 0.1) is 11.3 Å². The van der Waals surface area contributed by atoms with E-state index in [-0.39, 0.29) is 6.61 Å². The fourth-order valence-electron chi connectivity index (χ4n) is 1.26. The summed E-state index contributed by atoms with van der Waals surface area (Å²) < 4.78 is 6.35. The van der Waals surface area contributed by atoms with Gasteiger partial charge in [0.25, 0.3) is 0 Å². The fraction of sp³-hybridized carbons (Fsp3) is 0.0833. The van der Waals surface area contributed by atoms with Gasteiger partial charge in [-0.2, -0.15) is 5.26 Å². The molecule has 0 fully saturated rings. The lowest BCUT2D eigenvalue weighted by Crippen LogP contribution is -2.01. The Hall–Kier alpha value is -1.93. The van der Waals surface area contributed by atoms with Gasteiger partial charge in [0.1, 0.15) is 18.4 Å². The van der Waals surface area contributed by atoms with Crippen molar-refractivity contribution in [2.24, 2.45) is 0 Å². The van der Waals surface area contributed by atoms with Crippen molar-refractivity contribution in [3.05, 3.63) is 52.5 Å². The molecule has 0 saturated carbocycles. The van der Waals surface area contributed by atoms with E-state index in [0.29, 0.717) is 17.1 Å². The van der Waals surface area contributed by atoms with Gasteiger partial charge < -0.3 is 4.74 Å². The van der Waals surface area contributed by atoms with E-state index in [2.05, 4.69) is 32.0 Å². The monoisotopic (exact) mass is 289 g/mol. The van der Waals surface area contributed by atoms with E-state index < -0.39 is 0 Å². The van der Waals surface area contributed by atoms with Gasteiger partial charge in [-0.25, -0.2) is 9.97 Å². The molecule has 0 unspecified atom stereocenters. The summed E-state index contributed by atoms with van der Waals surface area (Å²) in [5, 5.41) is 8.96. The van der Waals surface area contributed by atoms with Crippen LogP contribution in [0.4, 0.5) is 0 Å². The molecule has 0 saturated heterocycles. The zero-order valence-electron chi connectivity index (χ0n) is 8.80. The lowest BCUT2D eigenvalue weighted by atomic mass is 10.2. The second-order valence-corrected chi connectivity index (χ2v) is 4.12. The lowest BCUT2D eigenvalue weighted by molar-refractivity contribution is 0.295. The Morgan fingerprint density at radius 3 is 2.76 bits per heavy atom. The SMILES string of the molecule is N#Cc1cc(Br)ccc1OCc1ncccn1. The second-order valence-electron chi connectivity index (χ2n) is 3.21. The van der Waals surface area contributed by atoms with Crippen LogP contribution in [0.25, 0.3) is 0 Å². The van der Waals surface area contributed by atoms with Gasteiger partial charge in [-0.1, -0.05) is 15.9 Å². The molecule has 0 aliphatic rings. The first-order valence-corrected chi connectivity index (χ1v) is 5.67. The Morgan fingerprint density at radius 1 is 1.29 bits per heavy atom. The molecule has 5 heteroatoms. The minimum absolute atomic E-state index is 0.247.